The third-order valence-electron chi connectivity index (χ3n) is 5.73. The van der Waals surface area contributed by atoms with Crippen molar-refractivity contribution in [2.45, 2.75) is 51.4 Å². The Kier molecular flexibility index (Phi) is 7.50. The molecule has 4 rings (SSSR count). The summed E-state index contributed by atoms with van der Waals surface area (Å²) in [4.78, 5) is 38.1. The summed E-state index contributed by atoms with van der Waals surface area (Å²) in [6.45, 7) is 6.10. The molecule has 10 heteroatoms. The zero-order chi connectivity index (χ0) is 24.9. The van der Waals surface area contributed by atoms with Gasteiger partial charge < -0.3 is 10.6 Å². The van der Waals surface area contributed by atoms with Gasteiger partial charge >= 0.3 is 0 Å². The second-order valence-electron chi connectivity index (χ2n) is 8.42. The molecular formula is C25H28N6O3S. The van der Waals surface area contributed by atoms with Gasteiger partial charge in [-0.05, 0) is 44.5 Å². The van der Waals surface area contributed by atoms with E-state index in [-0.39, 0.29) is 42.1 Å². The molecule has 0 spiro atoms. The Bertz CT molecular complexity index is 1430. The number of nitrogens with one attached hydrogen (secondary N) is 2. The van der Waals surface area contributed by atoms with E-state index in [1.54, 1.807) is 16.5 Å². The molecule has 1 atom stereocenters. The monoisotopic (exact) mass is 492 g/mol. The van der Waals surface area contributed by atoms with Crippen molar-refractivity contribution >= 4 is 45.9 Å². The predicted octanol–water partition coefficient (Wildman–Crippen LogP) is 3.39. The van der Waals surface area contributed by atoms with Crippen LogP contribution in [-0.4, -0.2) is 42.8 Å². The number of amides is 2. The molecule has 35 heavy (non-hydrogen) atoms. The van der Waals surface area contributed by atoms with Gasteiger partial charge in [0.15, 0.2) is 5.16 Å². The van der Waals surface area contributed by atoms with E-state index in [1.165, 1.54) is 16.3 Å². The Hall–Kier alpha value is -3.66. The summed E-state index contributed by atoms with van der Waals surface area (Å²) in [7, 11) is 0. The van der Waals surface area contributed by atoms with E-state index >= 15 is 0 Å². The van der Waals surface area contributed by atoms with E-state index in [2.05, 4.69) is 20.8 Å². The highest BCUT2D eigenvalue weighted by Gasteiger charge is 2.18. The van der Waals surface area contributed by atoms with E-state index in [0.717, 1.165) is 17.7 Å². The molecule has 9 nitrogen and oxygen atoms in total. The summed E-state index contributed by atoms with van der Waals surface area (Å²) in [5, 5.41) is 15.3. The first-order valence-corrected chi connectivity index (χ1v) is 12.5. The molecule has 2 aromatic carbocycles. The van der Waals surface area contributed by atoms with Gasteiger partial charge in [0.05, 0.1) is 16.7 Å². The number of aryl methyl sites for hydroxylation is 2. The number of hydrogen-bond acceptors (Lipinski definition) is 6. The minimum atomic E-state index is -0.231. The molecule has 4 aromatic rings. The molecule has 0 fully saturated rings. The van der Waals surface area contributed by atoms with Crippen LogP contribution in [0.25, 0.3) is 16.7 Å². The van der Waals surface area contributed by atoms with E-state index < -0.39 is 0 Å². The number of anilines is 1. The van der Waals surface area contributed by atoms with Gasteiger partial charge in [-0.25, -0.2) is 0 Å². The van der Waals surface area contributed by atoms with Crippen LogP contribution in [0.1, 0.15) is 32.3 Å². The third-order valence-corrected chi connectivity index (χ3v) is 6.66. The van der Waals surface area contributed by atoms with E-state index in [0.29, 0.717) is 21.8 Å². The van der Waals surface area contributed by atoms with Crippen molar-refractivity contribution in [3.05, 3.63) is 64.4 Å². The van der Waals surface area contributed by atoms with Crippen molar-refractivity contribution < 1.29 is 9.59 Å². The largest absolute Gasteiger partial charge is 0.354 e. The molecule has 0 aliphatic carbocycles. The molecule has 1 unspecified atom stereocenters. The van der Waals surface area contributed by atoms with Crippen molar-refractivity contribution in [1.29, 1.82) is 0 Å². The Morgan fingerprint density at radius 3 is 2.54 bits per heavy atom. The zero-order valence-corrected chi connectivity index (χ0v) is 20.8. The van der Waals surface area contributed by atoms with Crippen LogP contribution < -0.4 is 16.2 Å². The maximum atomic E-state index is 13.2. The van der Waals surface area contributed by atoms with Crippen molar-refractivity contribution in [3.8, 4) is 0 Å². The fourth-order valence-electron chi connectivity index (χ4n) is 3.66. The van der Waals surface area contributed by atoms with Gasteiger partial charge in [0.2, 0.25) is 17.6 Å². The highest BCUT2D eigenvalue weighted by atomic mass is 32.2. The zero-order valence-electron chi connectivity index (χ0n) is 19.9. The number of aromatic nitrogens is 4. The van der Waals surface area contributed by atoms with Crippen LogP contribution in [0.15, 0.2) is 58.5 Å². The molecule has 2 amide bonds. The molecule has 0 radical (unpaired) electrons. The maximum absolute atomic E-state index is 13.2. The van der Waals surface area contributed by atoms with Gasteiger partial charge in [-0.2, -0.15) is 0 Å². The number of rotatable bonds is 9. The average Bonchev–Trinajstić information content (AvgIpc) is 3.28. The average molecular weight is 493 g/mol. The topological polar surface area (TPSA) is 110 Å². The molecule has 0 saturated carbocycles. The summed E-state index contributed by atoms with van der Waals surface area (Å²) >= 11 is 1.23. The van der Waals surface area contributed by atoms with Crippen molar-refractivity contribution in [1.82, 2.24) is 24.5 Å². The van der Waals surface area contributed by atoms with Crippen molar-refractivity contribution in [2.24, 2.45) is 0 Å². The van der Waals surface area contributed by atoms with Gasteiger partial charge in [-0.1, -0.05) is 48.5 Å². The van der Waals surface area contributed by atoms with E-state index in [9.17, 15) is 14.4 Å². The van der Waals surface area contributed by atoms with E-state index in [4.69, 9.17) is 0 Å². The lowest BCUT2D eigenvalue weighted by Gasteiger charge is -2.13. The number of nitrogens with zero attached hydrogens (tertiary/aromatic N) is 4. The van der Waals surface area contributed by atoms with Gasteiger partial charge in [0, 0.05) is 24.7 Å². The lowest BCUT2D eigenvalue weighted by atomic mass is 10.2. The lowest BCUT2D eigenvalue weighted by molar-refractivity contribution is -0.122. The predicted molar refractivity (Wildman–Crippen MR) is 138 cm³/mol. The van der Waals surface area contributed by atoms with Gasteiger partial charge in [-0.3, -0.25) is 23.4 Å². The van der Waals surface area contributed by atoms with Crippen LogP contribution in [0, 0.1) is 6.92 Å². The number of thioether (sulfide) groups is 1. The molecule has 0 bridgehead atoms. The summed E-state index contributed by atoms with van der Waals surface area (Å²) < 4.78 is 3.25. The van der Waals surface area contributed by atoms with Gasteiger partial charge in [0.1, 0.15) is 0 Å². The minimum Gasteiger partial charge on any atom is -0.354 e. The second-order valence-corrected chi connectivity index (χ2v) is 9.36. The molecule has 182 valence electrons. The molecule has 0 aliphatic rings. The molecule has 0 aliphatic heterocycles. The standard InChI is InChI=1S/C25H28N6O3S/c1-4-17(3)26-21(32)13-14-30-23(34)19-7-5-6-8-20(19)31-24(30)28-29-25(31)35-15-22(33)27-18-11-9-16(2)10-12-18/h5-12,17H,4,13-15H2,1-3H3,(H,26,32)(H,27,33). The van der Waals surface area contributed by atoms with Crippen LogP contribution in [0.4, 0.5) is 5.69 Å². The van der Waals surface area contributed by atoms with Gasteiger partial charge in [0.25, 0.3) is 5.56 Å². The maximum Gasteiger partial charge on any atom is 0.262 e. The summed E-state index contributed by atoms with van der Waals surface area (Å²) in [5.41, 5.74) is 2.26. The van der Waals surface area contributed by atoms with Crippen LogP contribution in [-0.2, 0) is 16.1 Å². The fourth-order valence-corrected chi connectivity index (χ4v) is 4.40. The number of hydrogen-bond donors (Lipinski definition) is 2. The van der Waals surface area contributed by atoms with Crippen molar-refractivity contribution in [2.75, 3.05) is 11.1 Å². The number of carbonyl (C=O) groups is 2. The number of carbonyl (C=O) groups excluding carboxylic acids is 2. The Balaban J connectivity index is 1.60. The number of benzene rings is 2. The van der Waals surface area contributed by atoms with E-state index in [1.807, 2.05) is 57.2 Å². The normalized spacial score (nSPS) is 12.1. The number of para-hydroxylation sites is 1. The first-order valence-electron chi connectivity index (χ1n) is 11.5. The van der Waals surface area contributed by atoms with Crippen molar-refractivity contribution in [3.63, 3.8) is 0 Å². The third kappa shape index (κ3) is 5.54. The highest BCUT2D eigenvalue weighted by molar-refractivity contribution is 7.99. The summed E-state index contributed by atoms with van der Waals surface area (Å²) in [5.74, 6) is 0.167. The Labute approximate surface area is 206 Å². The Morgan fingerprint density at radius 1 is 1.06 bits per heavy atom. The fraction of sp³-hybridized carbons (Fsp3) is 0.320. The molecule has 0 saturated heterocycles. The second kappa shape index (κ2) is 10.7. The first kappa shape index (κ1) is 24.5. The van der Waals surface area contributed by atoms with Crippen LogP contribution in [0.3, 0.4) is 0 Å². The van der Waals surface area contributed by atoms with Crippen LogP contribution in [0.2, 0.25) is 0 Å². The minimum absolute atomic E-state index is 0.0676. The summed E-state index contributed by atoms with van der Waals surface area (Å²) in [6.07, 6.45) is 0.973. The molecule has 2 heterocycles. The molecule has 2 aromatic heterocycles. The SMILES string of the molecule is CCC(C)NC(=O)CCn1c(=O)c2ccccc2n2c(SCC(=O)Nc3ccc(C)cc3)nnc12. The Morgan fingerprint density at radius 2 is 1.80 bits per heavy atom. The van der Waals surface area contributed by atoms with Crippen LogP contribution in [0.5, 0.6) is 0 Å². The summed E-state index contributed by atoms with van der Waals surface area (Å²) in [6, 6.07) is 14.8. The number of fused-ring (bicyclic) bond motifs is 3. The molecular weight excluding hydrogens is 464 g/mol. The van der Waals surface area contributed by atoms with Gasteiger partial charge in [-0.15, -0.1) is 10.2 Å². The van der Waals surface area contributed by atoms with Crippen LogP contribution >= 0.6 is 11.8 Å². The highest BCUT2D eigenvalue weighted by Crippen LogP contribution is 2.22. The smallest absolute Gasteiger partial charge is 0.262 e. The lowest BCUT2D eigenvalue weighted by Crippen LogP contribution is -2.33. The first-order chi connectivity index (χ1) is 16.9. The molecule has 2 N–H and O–H groups in total. The quantitative estimate of drug-likeness (QED) is 0.347.